The smallest absolute Gasteiger partial charge is 0.0324 e. The molecule has 1 saturated carbocycles. The summed E-state index contributed by atoms with van der Waals surface area (Å²) in [6, 6.07) is 0. The maximum atomic E-state index is 3.55. The van der Waals surface area contributed by atoms with E-state index < -0.39 is 0 Å². The molecular formula is C7H15N3. The Morgan fingerprint density at radius 3 is 2.90 bits per heavy atom. The number of nitrogens with zero attached hydrogens (tertiary/aromatic N) is 1. The molecule has 2 rings (SSSR count). The van der Waals surface area contributed by atoms with E-state index in [4.69, 9.17) is 0 Å². The second-order valence-electron chi connectivity index (χ2n) is 3.35. The Morgan fingerprint density at radius 1 is 1.50 bits per heavy atom. The number of nitrogens with one attached hydrogen (secondary N) is 2. The van der Waals surface area contributed by atoms with Crippen LogP contribution in [0.1, 0.15) is 12.8 Å². The molecule has 58 valence electrons. The minimum absolute atomic E-state index is 0.515. The zero-order valence-corrected chi connectivity index (χ0v) is 6.48. The molecule has 0 aromatic heterocycles. The second kappa shape index (κ2) is 2.19. The highest BCUT2D eigenvalue weighted by molar-refractivity contribution is 5.05. The van der Waals surface area contributed by atoms with Gasteiger partial charge in [-0.3, -0.25) is 5.43 Å². The van der Waals surface area contributed by atoms with E-state index in [0.29, 0.717) is 5.54 Å². The van der Waals surface area contributed by atoms with Gasteiger partial charge in [0.25, 0.3) is 0 Å². The zero-order valence-electron chi connectivity index (χ0n) is 6.48. The van der Waals surface area contributed by atoms with Crippen molar-refractivity contribution in [3.8, 4) is 0 Å². The number of hydrazine groups is 1. The van der Waals surface area contributed by atoms with Crippen molar-refractivity contribution >= 4 is 0 Å². The second-order valence-corrected chi connectivity index (χ2v) is 3.35. The molecule has 0 bridgehead atoms. The van der Waals surface area contributed by atoms with Crippen LogP contribution < -0.4 is 10.7 Å². The van der Waals surface area contributed by atoms with Crippen molar-refractivity contribution in [2.24, 2.45) is 0 Å². The van der Waals surface area contributed by atoms with Gasteiger partial charge in [0.2, 0.25) is 0 Å². The molecule has 1 aliphatic carbocycles. The lowest BCUT2D eigenvalue weighted by Crippen LogP contribution is -2.55. The Balaban J connectivity index is 1.91. The van der Waals surface area contributed by atoms with Crippen molar-refractivity contribution in [3.63, 3.8) is 0 Å². The van der Waals surface area contributed by atoms with Crippen LogP contribution in [0, 0.1) is 0 Å². The molecule has 10 heavy (non-hydrogen) atoms. The topological polar surface area (TPSA) is 27.3 Å². The van der Waals surface area contributed by atoms with Crippen LogP contribution in [0.3, 0.4) is 0 Å². The van der Waals surface area contributed by atoms with Gasteiger partial charge in [0.1, 0.15) is 0 Å². The van der Waals surface area contributed by atoms with Crippen LogP contribution in [-0.2, 0) is 0 Å². The third-order valence-corrected chi connectivity index (χ3v) is 2.55. The van der Waals surface area contributed by atoms with Crippen molar-refractivity contribution in [1.82, 2.24) is 15.8 Å². The molecule has 3 heteroatoms. The number of piperazine rings is 1. The molecule has 0 unspecified atom stereocenters. The van der Waals surface area contributed by atoms with Gasteiger partial charge in [-0.2, -0.15) is 0 Å². The Kier molecular flexibility index (Phi) is 1.44. The van der Waals surface area contributed by atoms with Gasteiger partial charge in [0.15, 0.2) is 0 Å². The molecule has 3 nitrogen and oxygen atoms in total. The first-order chi connectivity index (χ1) is 4.85. The largest absolute Gasteiger partial charge is 0.309 e. The van der Waals surface area contributed by atoms with Crippen LogP contribution in [0.25, 0.3) is 0 Å². The van der Waals surface area contributed by atoms with E-state index in [2.05, 4.69) is 15.8 Å². The fourth-order valence-corrected chi connectivity index (χ4v) is 1.63. The van der Waals surface area contributed by atoms with E-state index in [1.165, 1.54) is 19.4 Å². The van der Waals surface area contributed by atoms with E-state index in [1.54, 1.807) is 0 Å². The molecule has 2 fully saturated rings. The molecule has 0 amide bonds. The summed E-state index contributed by atoms with van der Waals surface area (Å²) in [5.41, 5.74) is 3.71. The van der Waals surface area contributed by atoms with Crippen LogP contribution in [0.4, 0.5) is 0 Å². The van der Waals surface area contributed by atoms with Crippen molar-refractivity contribution in [3.05, 3.63) is 0 Å². The normalized spacial score (nSPS) is 30.9. The SMILES string of the molecule is CNN1CCNC2(CC2)C1. The highest BCUT2D eigenvalue weighted by Gasteiger charge is 2.45. The Bertz CT molecular complexity index is 131. The van der Waals surface area contributed by atoms with Crippen LogP contribution >= 0.6 is 0 Å². The molecule has 0 aromatic carbocycles. The molecule has 0 atom stereocenters. The molecule has 2 aliphatic rings. The van der Waals surface area contributed by atoms with Crippen LogP contribution in [0.5, 0.6) is 0 Å². The van der Waals surface area contributed by atoms with Crippen LogP contribution in [0.15, 0.2) is 0 Å². The number of hydrogen-bond donors (Lipinski definition) is 2. The summed E-state index contributed by atoms with van der Waals surface area (Å²) in [5, 5.41) is 5.85. The number of rotatable bonds is 1. The van der Waals surface area contributed by atoms with Gasteiger partial charge < -0.3 is 5.32 Å². The molecule has 1 aliphatic heterocycles. The summed E-state index contributed by atoms with van der Waals surface area (Å²) in [6.45, 7) is 3.46. The molecule has 1 saturated heterocycles. The quantitative estimate of drug-likeness (QED) is 0.518. The third kappa shape index (κ3) is 1.05. The maximum absolute atomic E-state index is 3.55. The summed E-state index contributed by atoms with van der Waals surface area (Å²) in [7, 11) is 2.00. The predicted molar refractivity (Wildman–Crippen MR) is 40.6 cm³/mol. The lowest BCUT2D eigenvalue weighted by molar-refractivity contribution is 0.140. The van der Waals surface area contributed by atoms with Gasteiger partial charge >= 0.3 is 0 Å². The summed E-state index contributed by atoms with van der Waals surface area (Å²) >= 11 is 0. The first kappa shape index (κ1) is 6.58. The monoisotopic (exact) mass is 141 g/mol. The summed E-state index contributed by atoms with van der Waals surface area (Å²) in [5.74, 6) is 0. The highest BCUT2D eigenvalue weighted by Crippen LogP contribution is 2.36. The molecular weight excluding hydrogens is 126 g/mol. The lowest BCUT2D eigenvalue weighted by Gasteiger charge is -2.33. The average molecular weight is 141 g/mol. The van der Waals surface area contributed by atoms with Crippen molar-refractivity contribution in [2.45, 2.75) is 18.4 Å². The van der Waals surface area contributed by atoms with Gasteiger partial charge in [-0.05, 0) is 19.9 Å². The summed E-state index contributed by atoms with van der Waals surface area (Å²) in [4.78, 5) is 0. The van der Waals surface area contributed by atoms with E-state index in [9.17, 15) is 0 Å². The van der Waals surface area contributed by atoms with Gasteiger partial charge in [-0.25, -0.2) is 5.01 Å². The van der Waals surface area contributed by atoms with E-state index in [0.717, 1.165) is 13.1 Å². The minimum Gasteiger partial charge on any atom is -0.309 e. The lowest BCUT2D eigenvalue weighted by atomic mass is 10.2. The predicted octanol–water partition coefficient (Wildman–Crippen LogP) is -0.441. The highest BCUT2D eigenvalue weighted by atomic mass is 15.5. The van der Waals surface area contributed by atoms with Crippen LogP contribution in [0.2, 0.25) is 0 Å². The molecule has 1 heterocycles. The Morgan fingerprint density at radius 2 is 2.30 bits per heavy atom. The van der Waals surface area contributed by atoms with Crippen LogP contribution in [-0.4, -0.2) is 37.2 Å². The van der Waals surface area contributed by atoms with E-state index >= 15 is 0 Å². The minimum atomic E-state index is 0.515. The van der Waals surface area contributed by atoms with Gasteiger partial charge in [-0.15, -0.1) is 0 Å². The molecule has 0 aromatic rings. The van der Waals surface area contributed by atoms with Gasteiger partial charge in [0, 0.05) is 25.2 Å². The Labute approximate surface area is 61.7 Å². The standard InChI is InChI=1S/C7H15N3/c1-8-10-5-4-9-7(6-10)2-3-7/h8-9H,2-6H2,1H3. The van der Waals surface area contributed by atoms with Gasteiger partial charge in [-0.1, -0.05) is 0 Å². The fraction of sp³-hybridized carbons (Fsp3) is 1.00. The van der Waals surface area contributed by atoms with E-state index in [1.807, 2.05) is 7.05 Å². The maximum Gasteiger partial charge on any atom is 0.0324 e. The summed E-state index contributed by atoms with van der Waals surface area (Å²) < 4.78 is 0. The molecule has 1 spiro atoms. The van der Waals surface area contributed by atoms with Crippen molar-refractivity contribution < 1.29 is 0 Å². The summed E-state index contributed by atoms with van der Waals surface area (Å²) in [6.07, 6.45) is 2.73. The average Bonchev–Trinajstić information content (AvgIpc) is 2.70. The zero-order chi connectivity index (χ0) is 7.03. The molecule has 2 N–H and O–H groups in total. The first-order valence-electron chi connectivity index (χ1n) is 4.02. The number of hydrogen-bond acceptors (Lipinski definition) is 3. The van der Waals surface area contributed by atoms with Gasteiger partial charge in [0.05, 0.1) is 0 Å². The third-order valence-electron chi connectivity index (χ3n) is 2.55. The van der Waals surface area contributed by atoms with Crippen molar-refractivity contribution in [2.75, 3.05) is 26.7 Å². The fourth-order valence-electron chi connectivity index (χ4n) is 1.63. The van der Waals surface area contributed by atoms with Crippen molar-refractivity contribution in [1.29, 1.82) is 0 Å². The Hall–Kier alpha value is -0.120. The van der Waals surface area contributed by atoms with E-state index in [-0.39, 0.29) is 0 Å². The molecule has 0 radical (unpaired) electrons. The first-order valence-corrected chi connectivity index (χ1v) is 4.02.